The maximum Gasteiger partial charge on any atom is 0.322 e. The molecule has 7 heteroatoms. The highest BCUT2D eigenvalue weighted by atomic mass is 35.5. The van der Waals surface area contributed by atoms with Crippen LogP contribution in [0.25, 0.3) is 0 Å². The Balaban J connectivity index is 2.03. The van der Waals surface area contributed by atoms with E-state index in [1.807, 2.05) is 13.8 Å². The zero-order chi connectivity index (χ0) is 14.5. The Morgan fingerprint density at radius 1 is 1.15 bits per heavy atom. The first kappa shape index (κ1) is 15.3. The van der Waals surface area contributed by atoms with Gasteiger partial charge in [-0.2, -0.15) is 15.0 Å². The molecule has 1 saturated heterocycles. The van der Waals surface area contributed by atoms with E-state index in [1.54, 1.807) is 0 Å². The molecule has 0 aromatic carbocycles. The van der Waals surface area contributed by atoms with Crippen molar-refractivity contribution in [3.63, 3.8) is 0 Å². The minimum Gasteiger partial charge on any atom is -0.461 e. The van der Waals surface area contributed by atoms with Gasteiger partial charge >= 0.3 is 6.01 Å². The minimum absolute atomic E-state index is 0.0164. The fourth-order valence-corrected chi connectivity index (χ4v) is 2.36. The summed E-state index contributed by atoms with van der Waals surface area (Å²) in [6.45, 7) is 11.1. The first-order valence-electron chi connectivity index (χ1n) is 7.14. The molecule has 1 aliphatic rings. The Morgan fingerprint density at radius 3 is 2.45 bits per heavy atom. The Kier molecular flexibility index (Phi) is 5.37. The molecule has 1 aliphatic heterocycles. The summed E-state index contributed by atoms with van der Waals surface area (Å²) < 4.78 is 5.50. The molecule has 0 N–H and O–H groups in total. The molecule has 20 heavy (non-hydrogen) atoms. The predicted octanol–water partition coefficient (Wildman–Crippen LogP) is 1.84. The van der Waals surface area contributed by atoms with Gasteiger partial charge in [0, 0.05) is 26.2 Å². The molecule has 0 aliphatic carbocycles. The number of anilines is 1. The Bertz CT molecular complexity index is 435. The summed E-state index contributed by atoms with van der Waals surface area (Å²) in [4.78, 5) is 17.1. The summed E-state index contributed by atoms with van der Waals surface area (Å²) in [5.41, 5.74) is 0. The minimum atomic E-state index is 0.0164. The third-order valence-corrected chi connectivity index (χ3v) is 3.28. The van der Waals surface area contributed by atoms with Gasteiger partial charge in [0.15, 0.2) is 0 Å². The number of aromatic nitrogens is 3. The second-order valence-electron chi connectivity index (χ2n) is 5.18. The second kappa shape index (κ2) is 7.04. The number of piperazine rings is 1. The first-order valence-corrected chi connectivity index (χ1v) is 7.51. The molecule has 0 radical (unpaired) electrons. The molecule has 6 nitrogen and oxygen atoms in total. The van der Waals surface area contributed by atoms with E-state index in [0.717, 1.165) is 32.7 Å². The molecule has 2 heterocycles. The van der Waals surface area contributed by atoms with Gasteiger partial charge in [0.25, 0.3) is 0 Å². The van der Waals surface area contributed by atoms with Gasteiger partial charge in [-0.15, -0.1) is 0 Å². The summed E-state index contributed by atoms with van der Waals surface area (Å²) in [6.07, 6.45) is 1.20. The largest absolute Gasteiger partial charge is 0.461 e. The fraction of sp³-hybridized carbons (Fsp3) is 0.769. The van der Waals surface area contributed by atoms with Crippen molar-refractivity contribution in [2.75, 3.05) is 37.6 Å². The van der Waals surface area contributed by atoms with Crippen LogP contribution >= 0.6 is 11.6 Å². The maximum atomic E-state index is 5.95. The van der Waals surface area contributed by atoms with Gasteiger partial charge in [0.1, 0.15) is 0 Å². The fourth-order valence-electron chi connectivity index (χ4n) is 2.21. The molecule has 0 saturated carbocycles. The molecule has 1 aromatic heterocycles. The zero-order valence-electron chi connectivity index (χ0n) is 12.3. The lowest BCUT2D eigenvalue weighted by molar-refractivity contribution is 0.220. The lowest BCUT2D eigenvalue weighted by Gasteiger charge is -2.34. The molecule has 112 valence electrons. The molecule has 0 atom stereocenters. The molecule has 0 spiro atoms. The van der Waals surface area contributed by atoms with Crippen LogP contribution in [0.5, 0.6) is 6.01 Å². The van der Waals surface area contributed by atoms with Crippen molar-refractivity contribution in [2.45, 2.75) is 33.3 Å². The predicted molar refractivity (Wildman–Crippen MR) is 79.5 cm³/mol. The van der Waals surface area contributed by atoms with E-state index < -0.39 is 0 Å². The van der Waals surface area contributed by atoms with Crippen LogP contribution in [0.15, 0.2) is 0 Å². The number of rotatable bonds is 5. The van der Waals surface area contributed by atoms with Gasteiger partial charge in [-0.05, 0) is 38.4 Å². The van der Waals surface area contributed by atoms with E-state index in [9.17, 15) is 0 Å². The van der Waals surface area contributed by atoms with Gasteiger partial charge in [0.05, 0.1) is 6.10 Å². The highest BCUT2D eigenvalue weighted by Crippen LogP contribution is 2.17. The average Bonchev–Trinajstić information content (AvgIpc) is 2.38. The third kappa shape index (κ3) is 4.18. The highest BCUT2D eigenvalue weighted by molar-refractivity contribution is 6.28. The molecule has 0 unspecified atom stereocenters. The SMILES string of the molecule is CCCN1CCN(c2nc(Cl)nc(OC(C)C)n2)CC1. The van der Waals surface area contributed by atoms with Crippen LogP contribution in [0, 0.1) is 0 Å². The molecular formula is C13H22ClN5O. The quantitative estimate of drug-likeness (QED) is 0.827. The summed E-state index contributed by atoms with van der Waals surface area (Å²) in [5.74, 6) is 0.608. The van der Waals surface area contributed by atoms with Gasteiger partial charge in [0.2, 0.25) is 11.2 Å². The monoisotopic (exact) mass is 299 g/mol. The van der Waals surface area contributed by atoms with Crippen molar-refractivity contribution < 1.29 is 4.74 Å². The van der Waals surface area contributed by atoms with E-state index in [1.165, 1.54) is 6.42 Å². The van der Waals surface area contributed by atoms with Crippen molar-refractivity contribution in [1.29, 1.82) is 0 Å². The summed E-state index contributed by atoms with van der Waals surface area (Å²) in [7, 11) is 0. The van der Waals surface area contributed by atoms with Gasteiger partial charge in [-0.3, -0.25) is 4.90 Å². The van der Waals surface area contributed by atoms with E-state index in [2.05, 4.69) is 31.7 Å². The topological polar surface area (TPSA) is 54.4 Å². The van der Waals surface area contributed by atoms with E-state index in [-0.39, 0.29) is 11.4 Å². The van der Waals surface area contributed by atoms with E-state index >= 15 is 0 Å². The maximum absolute atomic E-state index is 5.95. The van der Waals surface area contributed by atoms with Crippen molar-refractivity contribution in [2.24, 2.45) is 0 Å². The zero-order valence-corrected chi connectivity index (χ0v) is 13.1. The molecule has 0 amide bonds. The Morgan fingerprint density at radius 2 is 1.85 bits per heavy atom. The van der Waals surface area contributed by atoms with Gasteiger partial charge in [-0.25, -0.2) is 0 Å². The number of hydrogen-bond acceptors (Lipinski definition) is 6. The normalized spacial score (nSPS) is 16.8. The lowest BCUT2D eigenvalue weighted by Crippen LogP contribution is -2.47. The molecule has 1 fully saturated rings. The van der Waals surface area contributed by atoms with Crippen molar-refractivity contribution in [1.82, 2.24) is 19.9 Å². The van der Waals surface area contributed by atoms with Crippen molar-refractivity contribution in [3.8, 4) is 6.01 Å². The average molecular weight is 300 g/mol. The van der Waals surface area contributed by atoms with Crippen LogP contribution in [0.2, 0.25) is 5.28 Å². The Hall–Kier alpha value is -1.14. The van der Waals surface area contributed by atoms with E-state index in [0.29, 0.717) is 12.0 Å². The summed E-state index contributed by atoms with van der Waals surface area (Å²) >= 11 is 5.95. The van der Waals surface area contributed by atoms with Crippen molar-refractivity contribution in [3.05, 3.63) is 5.28 Å². The first-order chi connectivity index (χ1) is 9.58. The molecular weight excluding hydrogens is 278 g/mol. The van der Waals surface area contributed by atoms with Crippen LogP contribution < -0.4 is 9.64 Å². The standard InChI is InChI=1S/C13H22ClN5O/c1-4-5-18-6-8-19(9-7-18)12-15-11(14)16-13(17-12)20-10(2)3/h10H,4-9H2,1-3H3. The Labute approximate surface area is 125 Å². The third-order valence-electron chi connectivity index (χ3n) is 3.11. The number of ether oxygens (including phenoxy) is 1. The number of hydrogen-bond donors (Lipinski definition) is 0. The number of halogens is 1. The molecule has 0 bridgehead atoms. The van der Waals surface area contributed by atoms with Crippen LogP contribution in [0.3, 0.4) is 0 Å². The van der Waals surface area contributed by atoms with Crippen LogP contribution in [-0.2, 0) is 0 Å². The number of nitrogens with zero attached hydrogens (tertiary/aromatic N) is 5. The summed E-state index contributed by atoms with van der Waals surface area (Å²) in [6, 6.07) is 0.297. The molecule has 1 aromatic rings. The van der Waals surface area contributed by atoms with Crippen LogP contribution in [0.4, 0.5) is 5.95 Å². The van der Waals surface area contributed by atoms with Crippen LogP contribution in [-0.4, -0.2) is 58.7 Å². The van der Waals surface area contributed by atoms with E-state index in [4.69, 9.17) is 16.3 Å². The second-order valence-corrected chi connectivity index (χ2v) is 5.52. The van der Waals surface area contributed by atoms with Gasteiger partial charge < -0.3 is 9.64 Å². The highest BCUT2D eigenvalue weighted by Gasteiger charge is 2.20. The smallest absolute Gasteiger partial charge is 0.322 e. The molecule has 2 rings (SSSR count). The summed E-state index contributed by atoms with van der Waals surface area (Å²) in [5, 5.41) is 0.182. The lowest BCUT2D eigenvalue weighted by atomic mass is 10.3. The van der Waals surface area contributed by atoms with Gasteiger partial charge in [-0.1, -0.05) is 6.92 Å². The van der Waals surface area contributed by atoms with Crippen LogP contribution in [0.1, 0.15) is 27.2 Å². The van der Waals surface area contributed by atoms with Crippen molar-refractivity contribution >= 4 is 17.5 Å².